The van der Waals surface area contributed by atoms with Crippen molar-refractivity contribution in [3.63, 3.8) is 0 Å². The van der Waals surface area contributed by atoms with Crippen LogP contribution in [0, 0.1) is 0 Å². The van der Waals surface area contributed by atoms with Crippen molar-refractivity contribution in [2.75, 3.05) is 0 Å². The Bertz CT molecular complexity index is 2110. The molecule has 2 aromatic heterocycles. The van der Waals surface area contributed by atoms with Gasteiger partial charge in [0.1, 0.15) is 0 Å². The second-order valence-corrected chi connectivity index (χ2v) is 10.4. The highest BCUT2D eigenvalue weighted by atomic mass is 15.0. The van der Waals surface area contributed by atoms with E-state index in [9.17, 15) is 0 Å². The van der Waals surface area contributed by atoms with Crippen LogP contribution >= 0.6 is 0 Å². The summed E-state index contributed by atoms with van der Waals surface area (Å²) in [5, 5.41) is 5.07. The smallest absolute Gasteiger partial charge is 0.0541 e. The van der Waals surface area contributed by atoms with Crippen molar-refractivity contribution in [2.24, 2.45) is 0 Å². The third-order valence-electron chi connectivity index (χ3n) is 8.11. The number of para-hydroxylation sites is 2. The molecule has 0 atom stereocenters. The van der Waals surface area contributed by atoms with E-state index < -0.39 is 0 Å². The minimum absolute atomic E-state index is 1.13. The van der Waals surface area contributed by atoms with E-state index in [0.29, 0.717) is 0 Å². The molecule has 0 saturated carbocycles. The molecule has 6 aromatic carbocycles. The van der Waals surface area contributed by atoms with Crippen LogP contribution in [-0.4, -0.2) is 9.55 Å². The summed E-state index contributed by atoms with van der Waals surface area (Å²) in [7, 11) is 0. The molecule has 0 amide bonds. The summed E-state index contributed by atoms with van der Waals surface area (Å²) in [5.41, 5.74) is 10.8. The second-order valence-electron chi connectivity index (χ2n) is 10.4. The van der Waals surface area contributed by atoms with Crippen LogP contribution in [0.4, 0.5) is 0 Å². The van der Waals surface area contributed by atoms with Gasteiger partial charge in [0.25, 0.3) is 0 Å². The molecule has 0 unspecified atom stereocenters. The molecule has 0 bridgehead atoms. The number of hydrogen-bond acceptors (Lipinski definition) is 1. The maximum atomic E-state index is 4.28. The van der Waals surface area contributed by atoms with E-state index in [2.05, 4.69) is 149 Å². The Balaban J connectivity index is 1.24. The van der Waals surface area contributed by atoms with Crippen LogP contribution in [0.1, 0.15) is 0 Å². The molecule has 0 radical (unpaired) electrons. The average molecular weight is 523 g/mol. The molecular weight excluding hydrogens is 496 g/mol. The van der Waals surface area contributed by atoms with Gasteiger partial charge in [-0.1, -0.05) is 115 Å². The summed E-state index contributed by atoms with van der Waals surface area (Å²) in [4.78, 5) is 4.28. The van der Waals surface area contributed by atoms with Gasteiger partial charge in [0.2, 0.25) is 0 Å². The number of rotatable bonds is 4. The van der Waals surface area contributed by atoms with Crippen molar-refractivity contribution in [1.29, 1.82) is 0 Å². The fraction of sp³-hybridized carbons (Fsp3) is 0. The molecule has 8 aromatic rings. The molecule has 0 fully saturated rings. The van der Waals surface area contributed by atoms with E-state index in [0.717, 1.165) is 11.3 Å². The van der Waals surface area contributed by atoms with Crippen LogP contribution in [0.3, 0.4) is 0 Å². The Kier molecular flexibility index (Phi) is 5.49. The van der Waals surface area contributed by atoms with Crippen LogP contribution in [0.15, 0.2) is 158 Å². The van der Waals surface area contributed by atoms with Crippen LogP contribution < -0.4 is 0 Å². The Hall–Kier alpha value is -5.47. The van der Waals surface area contributed by atoms with Gasteiger partial charge in [-0.05, 0) is 74.5 Å². The summed E-state index contributed by atoms with van der Waals surface area (Å²) in [6, 6.07) is 52.4. The quantitative estimate of drug-likeness (QED) is 0.225. The Labute approximate surface area is 238 Å². The van der Waals surface area contributed by atoms with Gasteiger partial charge in [-0.2, -0.15) is 0 Å². The average Bonchev–Trinajstić information content (AvgIpc) is 3.39. The molecule has 0 aliphatic carbocycles. The molecule has 41 heavy (non-hydrogen) atoms. The Morgan fingerprint density at radius 1 is 0.415 bits per heavy atom. The highest BCUT2D eigenvalue weighted by Gasteiger charge is 2.13. The molecule has 8 rings (SSSR count). The Morgan fingerprint density at radius 2 is 0.976 bits per heavy atom. The standard InChI is InChI=1S/C39H26N2/c1-3-15-37-35(11-1)36-12-2-4-16-38(36)41(37)32-23-21-29(22-24-32)34-14-6-9-30-8-5-13-33(39(30)34)28-19-17-27(18-20-28)31-10-7-25-40-26-31/h1-26H. The lowest BCUT2D eigenvalue weighted by Crippen LogP contribution is -1.94. The minimum atomic E-state index is 1.13. The van der Waals surface area contributed by atoms with E-state index in [1.807, 2.05) is 18.5 Å². The normalized spacial score (nSPS) is 11.4. The first-order chi connectivity index (χ1) is 20.3. The van der Waals surface area contributed by atoms with Gasteiger partial charge < -0.3 is 4.57 Å². The van der Waals surface area contributed by atoms with Gasteiger partial charge in [0.15, 0.2) is 0 Å². The third-order valence-corrected chi connectivity index (χ3v) is 8.11. The molecule has 0 N–H and O–H groups in total. The fourth-order valence-corrected chi connectivity index (χ4v) is 6.19. The molecular formula is C39H26N2. The lowest BCUT2D eigenvalue weighted by atomic mass is 9.91. The summed E-state index contributed by atoms with van der Waals surface area (Å²) in [6.07, 6.45) is 3.72. The molecule has 2 nitrogen and oxygen atoms in total. The molecule has 0 saturated heterocycles. The highest BCUT2D eigenvalue weighted by Crippen LogP contribution is 2.38. The van der Waals surface area contributed by atoms with Gasteiger partial charge in [-0.3, -0.25) is 4.98 Å². The molecule has 192 valence electrons. The Morgan fingerprint density at radius 3 is 1.56 bits per heavy atom. The molecule has 0 aliphatic rings. The summed E-state index contributed by atoms with van der Waals surface area (Å²) >= 11 is 0. The van der Waals surface area contributed by atoms with Crippen molar-refractivity contribution in [3.05, 3.63) is 158 Å². The predicted octanol–water partition coefficient (Wildman–Crippen LogP) is 10.3. The largest absolute Gasteiger partial charge is 0.309 e. The predicted molar refractivity (Wildman–Crippen MR) is 172 cm³/mol. The zero-order chi connectivity index (χ0) is 27.2. The topological polar surface area (TPSA) is 17.8 Å². The molecule has 2 heteroatoms. The molecule has 2 heterocycles. The van der Waals surface area contributed by atoms with Crippen LogP contribution in [-0.2, 0) is 0 Å². The monoisotopic (exact) mass is 522 g/mol. The van der Waals surface area contributed by atoms with E-state index >= 15 is 0 Å². The van der Waals surface area contributed by atoms with Crippen molar-refractivity contribution in [2.45, 2.75) is 0 Å². The number of hydrogen-bond donors (Lipinski definition) is 0. The van der Waals surface area contributed by atoms with Crippen molar-refractivity contribution in [1.82, 2.24) is 9.55 Å². The maximum absolute atomic E-state index is 4.28. The maximum Gasteiger partial charge on any atom is 0.0541 e. The number of fused-ring (bicyclic) bond motifs is 4. The highest BCUT2D eigenvalue weighted by molar-refractivity contribution is 6.09. The fourth-order valence-electron chi connectivity index (χ4n) is 6.19. The minimum Gasteiger partial charge on any atom is -0.309 e. The van der Waals surface area contributed by atoms with Crippen molar-refractivity contribution in [3.8, 4) is 39.1 Å². The zero-order valence-electron chi connectivity index (χ0n) is 22.4. The molecule has 0 aliphatic heterocycles. The summed E-state index contributed by atoms with van der Waals surface area (Å²) < 4.78 is 2.37. The number of aromatic nitrogens is 2. The van der Waals surface area contributed by atoms with E-state index in [4.69, 9.17) is 0 Å². The van der Waals surface area contributed by atoms with Gasteiger partial charge in [0, 0.05) is 28.9 Å². The first-order valence-electron chi connectivity index (χ1n) is 14.0. The number of benzene rings is 6. The van der Waals surface area contributed by atoms with E-state index in [1.54, 1.807) is 0 Å². The number of nitrogens with zero attached hydrogens (tertiary/aromatic N) is 2. The van der Waals surface area contributed by atoms with Gasteiger partial charge in [0.05, 0.1) is 11.0 Å². The SMILES string of the molecule is c1cncc(-c2ccc(-c3cccc4cccc(-c5ccc(-n6c7ccccc7c7ccccc76)cc5)c34)cc2)c1. The third kappa shape index (κ3) is 3.92. The lowest BCUT2D eigenvalue weighted by molar-refractivity contribution is 1.18. The van der Waals surface area contributed by atoms with Crippen LogP contribution in [0.25, 0.3) is 71.6 Å². The van der Waals surface area contributed by atoms with Crippen molar-refractivity contribution >= 4 is 32.6 Å². The molecule has 0 spiro atoms. The van der Waals surface area contributed by atoms with Gasteiger partial charge in [-0.15, -0.1) is 0 Å². The van der Waals surface area contributed by atoms with Crippen molar-refractivity contribution < 1.29 is 0 Å². The van der Waals surface area contributed by atoms with Gasteiger partial charge in [-0.25, -0.2) is 0 Å². The second kappa shape index (κ2) is 9.62. The van der Waals surface area contributed by atoms with E-state index in [-0.39, 0.29) is 0 Å². The lowest BCUT2D eigenvalue weighted by Gasteiger charge is -2.14. The first kappa shape index (κ1) is 23.4. The summed E-state index contributed by atoms with van der Waals surface area (Å²) in [5.74, 6) is 0. The first-order valence-corrected chi connectivity index (χ1v) is 14.0. The van der Waals surface area contributed by atoms with E-state index in [1.165, 1.54) is 60.4 Å². The van der Waals surface area contributed by atoms with Crippen LogP contribution in [0.2, 0.25) is 0 Å². The van der Waals surface area contributed by atoms with Crippen LogP contribution in [0.5, 0.6) is 0 Å². The number of pyridine rings is 1. The summed E-state index contributed by atoms with van der Waals surface area (Å²) in [6.45, 7) is 0. The van der Waals surface area contributed by atoms with Gasteiger partial charge >= 0.3 is 0 Å². The zero-order valence-corrected chi connectivity index (χ0v) is 22.4.